The third-order valence-corrected chi connectivity index (χ3v) is 4.38. The molecule has 0 atom stereocenters. The molecular weight excluding hydrogens is 262 g/mol. The van der Waals surface area contributed by atoms with Gasteiger partial charge in [0, 0.05) is 18.7 Å². The average molecular weight is 283 g/mol. The normalized spacial score (nSPS) is 17.4. The lowest BCUT2D eigenvalue weighted by molar-refractivity contribution is -0.154. The SMILES string of the molecule is C#CCSCCNC(=O)CC1(C(=O)O)CCCCC1. The number of carboxylic acids is 1. The van der Waals surface area contributed by atoms with Crippen LogP contribution in [0.2, 0.25) is 0 Å². The number of carbonyl (C=O) groups excluding carboxylic acids is 1. The van der Waals surface area contributed by atoms with Gasteiger partial charge in [-0.3, -0.25) is 9.59 Å². The van der Waals surface area contributed by atoms with Gasteiger partial charge in [0.05, 0.1) is 11.2 Å². The summed E-state index contributed by atoms with van der Waals surface area (Å²) in [5.41, 5.74) is -0.839. The maximum atomic E-state index is 11.8. The molecule has 1 rings (SSSR count). The standard InChI is InChI=1S/C14H21NO3S/c1-2-9-19-10-8-15-12(16)11-14(13(17)18)6-4-3-5-7-14/h1H,3-11H2,(H,15,16)(H,17,18). The van der Waals surface area contributed by atoms with Gasteiger partial charge in [-0.25, -0.2) is 0 Å². The van der Waals surface area contributed by atoms with E-state index in [0.29, 0.717) is 25.1 Å². The first kappa shape index (κ1) is 15.9. The number of terminal acetylenes is 1. The summed E-state index contributed by atoms with van der Waals surface area (Å²) in [4.78, 5) is 23.3. The van der Waals surface area contributed by atoms with Crippen molar-refractivity contribution in [3.05, 3.63) is 0 Å². The van der Waals surface area contributed by atoms with Crippen LogP contribution >= 0.6 is 11.8 Å². The van der Waals surface area contributed by atoms with Crippen LogP contribution in [-0.4, -0.2) is 35.0 Å². The highest BCUT2D eigenvalue weighted by atomic mass is 32.2. The Morgan fingerprint density at radius 2 is 2.00 bits per heavy atom. The predicted octanol–water partition coefficient (Wildman–Crippen LogP) is 1.89. The third-order valence-electron chi connectivity index (χ3n) is 3.52. The number of rotatable bonds is 7. The van der Waals surface area contributed by atoms with E-state index < -0.39 is 11.4 Å². The van der Waals surface area contributed by atoms with E-state index in [-0.39, 0.29) is 12.3 Å². The van der Waals surface area contributed by atoms with Crippen LogP contribution in [-0.2, 0) is 9.59 Å². The lowest BCUT2D eigenvalue weighted by Crippen LogP contribution is -2.39. The average Bonchev–Trinajstić information content (AvgIpc) is 2.39. The summed E-state index contributed by atoms with van der Waals surface area (Å²) in [6, 6.07) is 0. The Bertz CT molecular complexity index is 356. The van der Waals surface area contributed by atoms with Crippen LogP contribution in [0.25, 0.3) is 0 Å². The molecule has 0 aliphatic heterocycles. The van der Waals surface area contributed by atoms with Crippen LogP contribution in [0.5, 0.6) is 0 Å². The van der Waals surface area contributed by atoms with Crippen molar-refractivity contribution in [2.24, 2.45) is 5.41 Å². The van der Waals surface area contributed by atoms with E-state index in [9.17, 15) is 14.7 Å². The Hall–Kier alpha value is -1.15. The highest BCUT2D eigenvalue weighted by Gasteiger charge is 2.41. The minimum absolute atomic E-state index is 0.0993. The van der Waals surface area contributed by atoms with Gasteiger partial charge >= 0.3 is 5.97 Å². The molecule has 1 fully saturated rings. The minimum Gasteiger partial charge on any atom is -0.481 e. The Labute approximate surface area is 118 Å². The highest BCUT2D eigenvalue weighted by Crippen LogP contribution is 2.39. The van der Waals surface area contributed by atoms with Crippen molar-refractivity contribution in [1.29, 1.82) is 0 Å². The first-order chi connectivity index (χ1) is 9.10. The molecule has 1 aliphatic carbocycles. The van der Waals surface area contributed by atoms with Crippen LogP contribution in [0.4, 0.5) is 0 Å². The molecular formula is C14H21NO3S. The van der Waals surface area contributed by atoms with Crippen LogP contribution in [0, 0.1) is 17.8 Å². The summed E-state index contributed by atoms with van der Waals surface area (Å²) in [7, 11) is 0. The molecule has 1 amide bonds. The van der Waals surface area contributed by atoms with Gasteiger partial charge in [-0.2, -0.15) is 0 Å². The van der Waals surface area contributed by atoms with E-state index >= 15 is 0 Å². The molecule has 5 heteroatoms. The number of hydrogen-bond acceptors (Lipinski definition) is 3. The van der Waals surface area contributed by atoms with Crippen molar-refractivity contribution in [1.82, 2.24) is 5.32 Å². The van der Waals surface area contributed by atoms with Crippen molar-refractivity contribution in [3.8, 4) is 12.3 Å². The number of thioether (sulfide) groups is 1. The Morgan fingerprint density at radius 3 is 2.58 bits per heavy atom. The number of aliphatic carboxylic acids is 1. The Balaban J connectivity index is 2.36. The van der Waals surface area contributed by atoms with Gasteiger partial charge in [-0.15, -0.1) is 18.2 Å². The lowest BCUT2D eigenvalue weighted by atomic mass is 9.71. The molecule has 0 unspecified atom stereocenters. The van der Waals surface area contributed by atoms with Gasteiger partial charge < -0.3 is 10.4 Å². The topological polar surface area (TPSA) is 66.4 Å². The fourth-order valence-electron chi connectivity index (χ4n) is 2.46. The molecule has 2 N–H and O–H groups in total. The minimum atomic E-state index is -0.839. The molecule has 0 aromatic rings. The fraction of sp³-hybridized carbons (Fsp3) is 0.714. The lowest BCUT2D eigenvalue weighted by Gasteiger charge is -2.32. The maximum absolute atomic E-state index is 11.8. The van der Waals surface area contributed by atoms with Crippen molar-refractivity contribution in [2.75, 3.05) is 18.1 Å². The zero-order valence-corrected chi connectivity index (χ0v) is 11.9. The van der Waals surface area contributed by atoms with Crippen molar-refractivity contribution < 1.29 is 14.7 Å². The second-order valence-electron chi connectivity index (χ2n) is 4.93. The fourth-order valence-corrected chi connectivity index (χ4v) is 2.97. The van der Waals surface area contributed by atoms with Crippen LogP contribution < -0.4 is 5.32 Å². The first-order valence-electron chi connectivity index (χ1n) is 6.62. The van der Waals surface area contributed by atoms with E-state index in [1.807, 2.05) is 0 Å². The molecule has 0 saturated heterocycles. The van der Waals surface area contributed by atoms with Gasteiger partial charge in [0.25, 0.3) is 0 Å². The maximum Gasteiger partial charge on any atom is 0.310 e. The highest BCUT2D eigenvalue weighted by molar-refractivity contribution is 7.99. The van der Waals surface area contributed by atoms with Gasteiger partial charge in [0.1, 0.15) is 0 Å². The summed E-state index contributed by atoms with van der Waals surface area (Å²) in [6.07, 6.45) is 9.32. The van der Waals surface area contributed by atoms with Gasteiger partial charge in [0.2, 0.25) is 5.91 Å². The monoisotopic (exact) mass is 283 g/mol. The Kier molecular flexibility index (Phi) is 6.79. The van der Waals surface area contributed by atoms with Crippen molar-refractivity contribution >= 4 is 23.6 Å². The summed E-state index contributed by atoms with van der Waals surface area (Å²) in [6.45, 7) is 0.543. The number of carboxylic acid groups (broad SMARTS) is 1. The zero-order chi connectivity index (χ0) is 14.1. The summed E-state index contributed by atoms with van der Waals surface area (Å²) >= 11 is 1.58. The number of amides is 1. The number of nitrogens with one attached hydrogen (secondary N) is 1. The van der Waals surface area contributed by atoms with Gasteiger partial charge in [-0.1, -0.05) is 25.2 Å². The quantitative estimate of drug-likeness (QED) is 0.553. The summed E-state index contributed by atoms with van der Waals surface area (Å²) in [5, 5.41) is 12.1. The largest absolute Gasteiger partial charge is 0.481 e. The molecule has 19 heavy (non-hydrogen) atoms. The molecule has 0 aromatic heterocycles. The molecule has 106 valence electrons. The van der Waals surface area contributed by atoms with Crippen LogP contribution in [0.1, 0.15) is 38.5 Å². The van der Waals surface area contributed by atoms with Gasteiger partial charge in [0.15, 0.2) is 0 Å². The van der Waals surface area contributed by atoms with Crippen molar-refractivity contribution in [3.63, 3.8) is 0 Å². The molecule has 0 aromatic carbocycles. The first-order valence-corrected chi connectivity index (χ1v) is 7.77. The van der Waals surface area contributed by atoms with Crippen LogP contribution in [0.15, 0.2) is 0 Å². The van der Waals surface area contributed by atoms with Gasteiger partial charge in [-0.05, 0) is 12.8 Å². The molecule has 0 spiro atoms. The predicted molar refractivity (Wildman–Crippen MR) is 76.9 cm³/mol. The second-order valence-corrected chi connectivity index (χ2v) is 6.03. The third kappa shape index (κ3) is 5.15. The van der Waals surface area contributed by atoms with Crippen molar-refractivity contribution in [2.45, 2.75) is 38.5 Å². The molecule has 0 radical (unpaired) electrons. The number of carbonyl (C=O) groups is 2. The molecule has 4 nitrogen and oxygen atoms in total. The summed E-state index contributed by atoms with van der Waals surface area (Å²) < 4.78 is 0. The van der Waals surface area contributed by atoms with E-state index in [1.165, 1.54) is 0 Å². The summed E-state index contributed by atoms with van der Waals surface area (Å²) in [5.74, 6) is 2.92. The zero-order valence-electron chi connectivity index (χ0n) is 11.1. The Morgan fingerprint density at radius 1 is 1.32 bits per heavy atom. The van der Waals surface area contributed by atoms with E-state index in [0.717, 1.165) is 25.0 Å². The second kappa shape index (κ2) is 8.11. The van der Waals surface area contributed by atoms with Crippen LogP contribution in [0.3, 0.4) is 0 Å². The van der Waals surface area contributed by atoms with E-state index in [1.54, 1.807) is 11.8 Å². The van der Waals surface area contributed by atoms with E-state index in [4.69, 9.17) is 6.42 Å². The molecule has 1 aliphatic rings. The molecule has 0 bridgehead atoms. The number of hydrogen-bond donors (Lipinski definition) is 2. The smallest absolute Gasteiger partial charge is 0.310 e. The molecule has 0 heterocycles. The van der Waals surface area contributed by atoms with E-state index in [2.05, 4.69) is 11.2 Å². The molecule has 1 saturated carbocycles.